The van der Waals surface area contributed by atoms with Crippen LogP contribution in [-0.2, 0) is 32.9 Å². The third kappa shape index (κ3) is 40.7. The van der Waals surface area contributed by atoms with E-state index in [1.54, 1.807) is 12.2 Å². The predicted octanol–water partition coefficient (Wildman–Crippen LogP) is 11.8. The Bertz CT molecular complexity index is 1070. The third-order valence-corrected chi connectivity index (χ3v) is 9.24. The molecule has 53 heavy (non-hydrogen) atoms. The Hall–Kier alpha value is -2.32. The van der Waals surface area contributed by atoms with Crippen LogP contribution in [0.3, 0.4) is 0 Å². The molecule has 306 valence electrons. The van der Waals surface area contributed by atoms with Crippen molar-refractivity contribution in [3.05, 3.63) is 48.6 Å². The van der Waals surface area contributed by atoms with Crippen LogP contribution in [0, 0.1) is 5.92 Å². The van der Waals surface area contributed by atoms with E-state index in [-0.39, 0.29) is 25.2 Å². The minimum atomic E-state index is -4.78. The molecule has 9 nitrogen and oxygen atoms in total. The highest BCUT2D eigenvalue weighted by Gasteiger charge is 2.22. The van der Waals surface area contributed by atoms with Gasteiger partial charge in [0.2, 0.25) is 0 Å². The molecule has 0 saturated carbocycles. The van der Waals surface area contributed by atoms with E-state index in [1.165, 1.54) is 70.6 Å². The number of ether oxygens (including phenoxy) is 2. The van der Waals surface area contributed by atoms with Crippen molar-refractivity contribution in [3.63, 3.8) is 0 Å². The van der Waals surface area contributed by atoms with Crippen molar-refractivity contribution >= 4 is 25.5 Å². The van der Waals surface area contributed by atoms with Crippen LogP contribution in [0.2, 0.25) is 0 Å². The van der Waals surface area contributed by atoms with Crippen molar-refractivity contribution < 1.29 is 42.7 Å². The van der Waals surface area contributed by atoms with E-state index in [1.807, 2.05) is 36.5 Å². The number of esters is 2. The molecule has 0 aliphatic heterocycles. The zero-order valence-corrected chi connectivity index (χ0v) is 34.5. The molecule has 0 unspecified atom stereocenters. The van der Waals surface area contributed by atoms with Gasteiger partial charge in [0, 0.05) is 19.3 Å². The summed E-state index contributed by atoms with van der Waals surface area (Å²) in [5.41, 5.74) is 0. The molecule has 0 heterocycles. The molecule has 0 aromatic rings. The minimum absolute atomic E-state index is 0.110. The van der Waals surface area contributed by atoms with Crippen LogP contribution in [-0.4, -0.2) is 46.8 Å². The first-order valence-corrected chi connectivity index (χ1v) is 22.3. The molecule has 10 heteroatoms. The van der Waals surface area contributed by atoms with Gasteiger partial charge in [-0.05, 0) is 50.5 Å². The number of rotatable bonds is 37. The summed E-state index contributed by atoms with van der Waals surface area (Å²) in [4.78, 5) is 54.5. The second kappa shape index (κ2) is 36.6. The van der Waals surface area contributed by atoms with Crippen LogP contribution in [0.5, 0.6) is 0 Å². The topological polar surface area (TPSA) is 136 Å². The lowest BCUT2D eigenvalue weighted by Gasteiger charge is -2.18. The van der Waals surface area contributed by atoms with Crippen molar-refractivity contribution in [2.75, 3.05) is 13.2 Å². The van der Waals surface area contributed by atoms with Crippen molar-refractivity contribution in [1.29, 1.82) is 0 Å². The average molecular weight is 767 g/mol. The van der Waals surface area contributed by atoms with Crippen LogP contribution in [0.4, 0.5) is 0 Å². The average Bonchev–Trinajstić information content (AvgIpc) is 3.10. The zero-order chi connectivity index (χ0) is 39.3. The van der Waals surface area contributed by atoms with Gasteiger partial charge in [-0.1, -0.05) is 166 Å². The maximum absolute atomic E-state index is 12.4. The van der Waals surface area contributed by atoms with E-state index in [0.29, 0.717) is 25.7 Å². The fourth-order valence-electron chi connectivity index (χ4n) is 5.62. The minimum Gasteiger partial charge on any atom is -0.462 e. The highest BCUT2D eigenvalue weighted by molar-refractivity contribution is 7.46. The lowest BCUT2D eigenvalue weighted by Crippen LogP contribution is -2.29. The molecule has 0 rings (SSSR count). The normalized spacial score (nSPS) is 12.9. The number of hydrogen-bond acceptors (Lipinski definition) is 7. The number of allylic oxidation sites excluding steroid dienone is 8. The van der Waals surface area contributed by atoms with Crippen molar-refractivity contribution in [2.24, 2.45) is 5.92 Å². The van der Waals surface area contributed by atoms with Gasteiger partial charge in [0.05, 0.1) is 6.61 Å². The number of carbonyl (C=O) groups excluding carboxylic acids is 3. The number of phosphoric ester groups is 1. The lowest BCUT2D eigenvalue weighted by molar-refractivity contribution is -0.161. The summed E-state index contributed by atoms with van der Waals surface area (Å²) in [5, 5.41) is 0. The first-order valence-electron chi connectivity index (χ1n) is 20.7. The molecule has 0 fully saturated rings. The molecule has 1 atom stereocenters. The van der Waals surface area contributed by atoms with E-state index in [2.05, 4.69) is 25.3 Å². The molecule has 0 aromatic carbocycles. The van der Waals surface area contributed by atoms with Gasteiger partial charge in [-0.25, -0.2) is 4.57 Å². The number of hydrogen-bond donors (Lipinski definition) is 2. The molecular weight excluding hydrogens is 691 g/mol. The van der Waals surface area contributed by atoms with Gasteiger partial charge in [-0.3, -0.25) is 18.9 Å². The molecule has 0 saturated heterocycles. The molecule has 0 spiro atoms. The zero-order valence-electron chi connectivity index (χ0n) is 33.6. The van der Waals surface area contributed by atoms with E-state index < -0.39 is 32.5 Å². The molecule has 0 aliphatic carbocycles. The van der Waals surface area contributed by atoms with Crippen LogP contribution in [0.25, 0.3) is 0 Å². The number of ketones is 1. The Morgan fingerprint density at radius 2 is 1.13 bits per heavy atom. The summed E-state index contributed by atoms with van der Waals surface area (Å²) in [6, 6.07) is 0. The van der Waals surface area contributed by atoms with Crippen molar-refractivity contribution in [3.8, 4) is 0 Å². The van der Waals surface area contributed by atoms with Gasteiger partial charge >= 0.3 is 19.8 Å². The Morgan fingerprint density at radius 3 is 1.72 bits per heavy atom. The quantitative estimate of drug-likeness (QED) is 0.0158. The second-order valence-electron chi connectivity index (χ2n) is 14.5. The summed E-state index contributed by atoms with van der Waals surface area (Å²) in [7, 11) is -4.78. The third-order valence-electron chi connectivity index (χ3n) is 8.75. The maximum atomic E-state index is 12.4. The SMILES string of the molecule is CCCCCC(=O)/C=C/C=C\C/C=C\C/C=C\CCCC(=O)O[C@H](COC(=O)CCCCCCCCCCCCCCCCC(C)C)COP(=O)(O)O. The summed E-state index contributed by atoms with van der Waals surface area (Å²) in [5.74, 6) is 0.00606. The lowest BCUT2D eigenvalue weighted by atomic mass is 10.0. The van der Waals surface area contributed by atoms with Gasteiger partial charge in [-0.15, -0.1) is 0 Å². The second-order valence-corrected chi connectivity index (χ2v) is 15.7. The molecule has 0 aliphatic rings. The van der Waals surface area contributed by atoms with E-state index in [9.17, 15) is 18.9 Å². The summed E-state index contributed by atoms with van der Waals surface area (Å²) in [6.07, 6.45) is 39.7. The smallest absolute Gasteiger partial charge is 0.462 e. The Morgan fingerprint density at radius 1 is 0.604 bits per heavy atom. The standard InChI is InChI=1S/C43H75O9P/c1-4-5-27-33-40(44)34-29-24-20-16-12-10-14-18-22-26-31-36-43(46)52-41(38-51-53(47,48)49)37-50-42(45)35-30-25-21-17-13-9-7-6-8-11-15-19-23-28-32-39(2)3/h10,12,18,20,22,24,29,34,39,41H,4-9,11,13-17,19,21,23,25-28,30-33,35-38H2,1-3H3,(H2,47,48,49)/b12-10-,22-18-,24-20-,34-29+/t41-/m1/s1. The monoisotopic (exact) mass is 767 g/mol. The molecule has 0 amide bonds. The Labute approximate surface area is 322 Å². The van der Waals surface area contributed by atoms with Gasteiger partial charge in [0.25, 0.3) is 0 Å². The van der Waals surface area contributed by atoms with Crippen molar-refractivity contribution in [1.82, 2.24) is 0 Å². The maximum Gasteiger partial charge on any atom is 0.469 e. The van der Waals surface area contributed by atoms with Crippen molar-refractivity contribution in [2.45, 2.75) is 187 Å². The van der Waals surface area contributed by atoms with Crippen LogP contribution in [0.1, 0.15) is 181 Å². The fraction of sp³-hybridized carbons (Fsp3) is 0.744. The van der Waals surface area contributed by atoms with Gasteiger partial charge in [0.15, 0.2) is 11.9 Å². The van der Waals surface area contributed by atoms with Gasteiger partial charge in [-0.2, -0.15) is 0 Å². The highest BCUT2D eigenvalue weighted by Crippen LogP contribution is 2.36. The molecule has 0 radical (unpaired) electrons. The molecular formula is C43H75O9P. The van der Waals surface area contributed by atoms with E-state index >= 15 is 0 Å². The van der Waals surface area contributed by atoms with Crippen LogP contribution >= 0.6 is 7.82 Å². The molecule has 0 bridgehead atoms. The Balaban J connectivity index is 4.05. The summed E-state index contributed by atoms with van der Waals surface area (Å²) < 4.78 is 26.3. The van der Waals surface area contributed by atoms with Crippen LogP contribution in [0.15, 0.2) is 48.6 Å². The number of unbranched alkanes of at least 4 members (excludes halogenated alkanes) is 16. The number of phosphoric acid groups is 1. The summed E-state index contributed by atoms with van der Waals surface area (Å²) >= 11 is 0. The Kier molecular flexibility index (Phi) is 35.0. The first-order chi connectivity index (χ1) is 25.5. The van der Waals surface area contributed by atoms with Gasteiger partial charge in [0.1, 0.15) is 6.61 Å². The van der Waals surface area contributed by atoms with Gasteiger partial charge < -0.3 is 19.3 Å². The predicted molar refractivity (Wildman–Crippen MR) is 216 cm³/mol. The fourth-order valence-corrected chi connectivity index (χ4v) is 5.98. The highest BCUT2D eigenvalue weighted by atomic mass is 31.2. The van der Waals surface area contributed by atoms with E-state index in [4.69, 9.17) is 19.3 Å². The molecule has 0 aromatic heterocycles. The summed E-state index contributed by atoms with van der Waals surface area (Å²) in [6.45, 7) is 5.82. The van der Waals surface area contributed by atoms with Crippen LogP contribution < -0.4 is 0 Å². The first kappa shape index (κ1) is 50.7. The molecule has 2 N–H and O–H groups in total. The number of carbonyl (C=O) groups is 3. The largest absolute Gasteiger partial charge is 0.469 e. The van der Waals surface area contributed by atoms with E-state index in [0.717, 1.165) is 57.3 Å².